The molecule has 9 unspecified atom stereocenters. The molecule has 1 heterocycles. The first-order chi connectivity index (χ1) is 40.2. The summed E-state index contributed by atoms with van der Waals surface area (Å²) in [5, 5.41) is 76.4. The third kappa shape index (κ3) is 46.5. The summed E-state index contributed by atoms with van der Waals surface area (Å²) < 4.78 is 11.2. The zero-order valence-electron chi connectivity index (χ0n) is 53.5. The van der Waals surface area contributed by atoms with E-state index < -0.39 is 74.2 Å². The van der Waals surface area contributed by atoms with Crippen molar-refractivity contribution in [1.82, 2.24) is 5.32 Å². The Hall–Kier alpha value is -1.67. The second-order valence-corrected chi connectivity index (χ2v) is 25.0. The van der Waals surface area contributed by atoms with Gasteiger partial charge in [0.25, 0.3) is 0 Å². The highest BCUT2D eigenvalue weighted by Gasteiger charge is 2.44. The summed E-state index contributed by atoms with van der Waals surface area (Å²) in [4.78, 5) is 13.2. The molecule has 0 radical (unpaired) electrons. The SMILES string of the molecule is CCCCCCCCCCCCCCC/C=C\C/C=C\CCCCCCCCCCCCCCCCCCC(O)C(=O)NC(COC1OC(CO)C(O)C(O)C1O)C(O)C(O)CCC/C=C/CCCCCCCCCCCCCCCC. The molecular formula is C71H135NO10. The molecule has 82 heavy (non-hydrogen) atoms. The van der Waals surface area contributed by atoms with Gasteiger partial charge in [-0.2, -0.15) is 0 Å². The van der Waals surface area contributed by atoms with E-state index in [2.05, 4.69) is 55.6 Å². The monoisotopic (exact) mass is 1160 g/mol. The van der Waals surface area contributed by atoms with Crippen LogP contribution in [0.4, 0.5) is 0 Å². The Morgan fingerprint density at radius 1 is 0.427 bits per heavy atom. The van der Waals surface area contributed by atoms with Crippen LogP contribution in [0.3, 0.4) is 0 Å². The number of rotatable bonds is 62. The van der Waals surface area contributed by atoms with Gasteiger partial charge in [-0.1, -0.05) is 307 Å². The maximum Gasteiger partial charge on any atom is 0.249 e. The summed E-state index contributed by atoms with van der Waals surface area (Å²) in [6.45, 7) is 3.49. The van der Waals surface area contributed by atoms with Gasteiger partial charge >= 0.3 is 0 Å². The van der Waals surface area contributed by atoms with Gasteiger partial charge in [-0.25, -0.2) is 0 Å². The first-order valence-corrected chi connectivity index (χ1v) is 35.4. The third-order valence-corrected chi connectivity index (χ3v) is 17.2. The van der Waals surface area contributed by atoms with E-state index in [1.54, 1.807) is 0 Å². The number of amides is 1. The normalized spacial score (nSPS) is 19.3. The maximum absolute atomic E-state index is 13.2. The molecule has 1 fully saturated rings. The molecule has 0 aromatic rings. The molecule has 484 valence electrons. The van der Waals surface area contributed by atoms with Crippen molar-refractivity contribution in [2.75, 3.05) is 13.2 Å². The van der Waals surface area contributed by atoms with E-state index in [1.807, 2.05) is 0 Å². The highest BCUT2D eigenvalue weighted by Crippen LogP contribution is 2.24. The van der Waals surface area contributed by atoms with E-state index in [4.69, 9.17) is 9.47 Å². The predicted octanol–water partition coefficient (Wildman–Crippen LogP) is 17.0. The van der Waals surface area contributed by atoms with Gasteiger partial charge in [0, 0.05) is 0 Å². The van der Waals surface area contributed by atoms with Crippen molar-refractivity contribution in [2.45, 2.75) is 396 Å². The fourth-order valence-electron chi connectivity index (χ4n) is 11.5. The summed E-state index contributed by atoms with van der Waals surface area (Å²) in [5.41, 5.74) is 0. The Bertz CT molecular complexity index is 1430. The number of ether oxygens (including phenoxy) is 2. The predicted molar refractivity (Wildman–Crippen MR) is 344 cm³/mol. The fourth-order valence-corrected chi connectivity index (χ4v) is 11.5. The maximum atomic E-state index is 13.2. The number of aliphatic hydroxyl groups is 7. The Morgan fingerprint density at radius 2 is 0.756 bits per heavy atom. The van der Waals surface area contributed by atoms with Crippen LogP contribution in [0.2, 0.25) is 0 Å². The van der Waals surface area contributed by atoms with Crippen molar-refractivity contribution in [3.8, 4) is 0 Å². The van der Waals surface area contributed by atoms with Crippen molar-refractivity contribution < 1.29 is 50.0 Å². The minimum atomic E-state index is -1.67. The lowest BCUT2D eigenvalue weighted by molar-refractivity contribution is -0.303. The lowest BCUT2D eigenvalue weighted by Crippen LogP contribution is -2.60. The van der Waals surface area contributed by atoms with Crippen molar-refractivity contribution in [3.05, 3.63) is 36.5 Å². The zero-order chi connectivity index (χ0) is 59.6. The van der Waals surface area contributed by atoms with Crippen molar-refractivity contribution >= 4 is 5.91 Å². The van der Waals surface area contributed by atoms with Crippen LogP contribution in [-0.4, -0.2) is 110 Å². The molecule has 8 N–H and O–H groups in total. The Labute approximate surface area is 505 Å². The highest BCUT2D eigenvalue weighted by molar-refractivity contribution is 5.80. The molecule has 0 spiro atoms. The fraction of sp³-hybridized carbons (Fsp3) is 0.901. The summed E-state index contributed by atoms with van der Waals surface area (Å²) in [5.74, 6) is -0.702. The first-order valence-electron chi connectivity index (χ1n) is 35.4. The van der Waals surface area contributed by atoms with E-state index in [0.29, 0.717) is 12.8 Å². The number of carbonyl (C=O) groups is 1. The molecule has 1 aliphatic heterocycles. The average molecular weight is 1160 g/mol. The smallest absolute Gasteiger partial charge is 0.249 e. The Kier molecular flexibility index (Phi) is 57.0. The molecule has 0 aromatic heterocycles. The third-order valence-electron chi connectivity index (χ3n) is 17.2. The van der Waals surface area contributed by atoms with Crippen LogP contribution in [0.25, 0.3) is 0 Å². The van der Waals surface area contributed by atoms with Crippen LogP contribution in [0.5, 0.6) is 0 Å². The molecule has 1 saturated heterocycles. The van der Waals surface area contributed by atoms with E-state index in [-0.39, 0.29) is 12.8 Å². The number of hydrogen-bond acceptors (Lipinski definition) is 10. The molecule has 1 rings (SSSR count). The molecular weight excluding hydrogens is 1030 g/mol. The number of carbonyl (C=O) groups excluding carboxylic acids is 1. The van der Waals surface area contributed by atoms with Crippen LogP contribution in [0, 0.1) is 0 Å². The van der Waals surface area contributed by atoms with Crippen LogP contribution < -0.4 is 5.32 Å². The van der Waals surface area contributed by atoms with Gasteiger partial charge in [-0.05, 0) is 70.6 Å². The number of allylic oxidation sites excluding steroid dienone is 6. The zero-order valence-corrected chi connectivity index (χ0v) is 53.5. The second-order valence-electron chi connectivity index (χ2n) is 25.0. The van der Waals surface area contributed by atoms with Gasteiger partial charge in [-0.15, -0.1) is 0 Å². The molecule has 0 aromatic carbocycles. The molecule has 11 nitrogen and oxygen atoms in total. The number of aliphatic hydroxyl groups excluding tert-OH is 7. The second kappa shape index (κ2) is 59.7. The summed E-state index contributed by atoms with van der Waals surface area (Å²) in [6.07, 6.45) is 65.3. The lowest BCUT2D eigenvalue weighted by atomic mass is 9.98. The largest absolute Gasteiger partial charge is 0.394 e. The van der Waals surface area contributed by atoms with E-state index >= 15 is 0 Å². The first kappa shape index (κ1) is 78.3. The van der Waals surface area contributed by atoms with E-state index in [9.17, 15) is 40.5 Å². The summed E-state index contributed by atoms with van der Waals surface area (Å²) in [6, 6.07) is -1.19. The topological polar surface area (TPSA) is 189 Å². The molecule has 1 aliphatic rings. The van der Waals surface area contributed by atoms with Crippen LogP contribution in [0.1, 0.15) is 341 Å². The summed E-state index contributed by atoms with van der Waals surface area (Å²) >= 11 is 0. The van der Waals surface area contributed by atoms with Crippen LogP contribution in [0.15, 0.2) is 36.5 Å². The molecule has 9 atom stereocenters. The van der Waals surface area contributed by atoms with Gasteiger partial charge in [0.05, 0.1) is 25.4 Å². The van der Waals surface area contributed by atoms with E-state index in [0.717, 1.165) is 44.9 Å². The molecule has 0 aliphatic carbocycles. The molecule has 1 amide bonds. The van der Waals surface area contributed by atoms with E-state index in [1.165, 1.54) is 257 Å². The number of unbranched alkanes of at least 4 members (excludes halogenated alkanes) is 44. The van der Waals surface area contributed by atoms with Gasteiger partial charge < -0.3 is 50.5 Å². The minimum Gasteiger partial charge on any atom is -0.394 e. The van der Waals surface area contributed by atoms with Gasteiger partial charge in [0.15, 0.2) is 6.29 Å². The van der Waals surface area contributed by atoms with Gasteiger partial charge in [-0.3, -0.25) is 4.79 Å². The average Bonchev–Trinajstić information content (AvgIpc) is 3.48. The quantitative estimate of drug-likeness (QED) is 0.0215. The Morgan fingerprint density at radius 3 is 1.12 bits per heavy atom. The van der Waals surface area contributed by atoms with Crippen LogP contribution >= 0.6 is 0 Å². The van der Waals surface area contributed by atoms with Gasteiger partial charge in [0.2, 0.25) is 5.91 Å². The highest BCUT2D eigenvalue weighted by atomic mass is 16.7. The van der Waals surface area contributed by atoms with Crippen LogP contribution in [-0.2, 0) is 14.3 Å². The minimum absolute atomic E-state index is 0.255. The molecule has 0 bridgehead atoms. The van der Waals surface area contributed by atoms with Gasteiger partial charge in [0.1, 0.15) is 36.6 Å². The standard InChI is InChI=1S/C71H135NO10/c1-3-5-7-9-11-13-15-17-19-21-23-24-25-26-27-28-29-30-31-32-33-34-35-36-37-38-39-41-43-45-47-49-51-53-55-57-59-64(75)70(80)72-62(61-81-71-69(79)68(78)67(77)65(60-73)82-71)66(76)63(74)58-56-54-52-50-48-46-44-42-40-22-20-18-16-14-12-10-8-6-4-2/h27-28,30-31,50,52,62-69,71,73-79H,3-26,29,32-49,51,53-61H2,1-2H3,(H,72,80)/b28-27-,31-30-,52-50+. The molecule has 11 heteroatoms. The number of nitrogens with one attached hydrogen (secondary N) is 1. The van der Waals surface area contributed by atoms with Crippen molar-refractivity contribution in [3.63, 3.8) is 0 Å². The Balaban J connectivity index is 2.16. The van der Waals surface area contributed by atoms with Crippen molar-refractivity contribution in [1.29, 1.82) is 0 Å². The van der Waals surface area contributed by atoms with Crippen molar-refractivity contribution in [2.24, 2.45) is 0 Å². The molecule has 0 saturated carbocycles. The number of hydrogen-bond donors (Lipinski definition) is 8. The summed E-state index contributed by atoms with van der Waals surface area (Å²) in [7, 11) is 0. The lowest BCUT2D eigenvalue weighted by Gasteiger charge is -2.40.